The van der Waals surface area contributed by atoms with Crippen molar-refractivity contribution in [3.8, 4) is 11.1 Å². The number of carbonyl (C=O) groups is 1. The lowest BCUT2D eigenvalue weighted by atomic mass is 9.98. The first-order valence-corrected chi connectivity index (χ1v) is 10.3. The average molecular weight is 438 g/mol. The van der Waals surface area contributed by atoms with Gasteiger partial charge in [-0.3, -0.25) is 4.79 Å². The lowest BCUT2D eigenvalue weighted by Crippen LogP contribution is -2.36. The van der Waals surface area contributed by atoms with E-state index in [1.165, 1.54) is 0 Å². The zero-order chi connectivity index (χ0) is 21.5. The van der Waals surface area contributed by atoms with E-state index >= 15 is 0 Å². The number of aliphatic hydroxyl groups excluding tert-OH is 1. The summed E-state index contributed by atoms with van der Waals surface area (Å²) in [5.41, 5.74) is 4.28. The van der Waals surface area contributed by atoms with Crippen LogP contribution in [0.15, 0.2) is 47.0 Å². The van der Waals surface area contributed by atoms with Crippen LogP contribution in [0.1, 0.15) is 17.0 Å². The van der Waals surface area contributed by atoms with Crippen LogP contribution in [-0.2, 0) is 9.53 Å². The van der Waals surface area contributed by atoms with Gasteiger partial charge < -0.3 is 24.6 Å². The Bertz CT molecular complexity index is 1190. The number of benzene rings is 2. The summed E-state index contributed by atoms with van der Waals surface area (Å²) in [5, 5.41) is 17.8. The Labute approximate surface area is 183 Å². The van der Waals surface area contributed by atoms with E-state index in [1.807, 2.05) is 18.2 Å². The molecule has 1 saturated heterocycles. The maximum absolute atomic E-state index is 12.6. The maximum Gasteiger partial charge on any atom is 0.260 e. The smallest absolute Gasteiger partial charge is 0.260 e. The summed E-state index contributed by atoms with van der Waals surface area (Å²) in [6, 6.07) is 13.2. The molecule has 1 aromatic heterocycles. The average Bonchev–Trinajstić information content (AvgIpc) is 3.35. The predicted octanol–water partition coefficient (Wildman–Crippen LogP) is 4.52. The van der Waals surface area contributed by atoms with Crippen molar-refractivity contribution in [1.29, 1.82) is 0 Å². The summed E-state index contributed by atoms with van der Waals surface area (Å²) in [5.74, 6) is -0.106. The van der Waals surface area contributed by atoms with Crippen molar-refractivity contribution < 1.29 is 19.2 Å². The number of hydrogen-bond donors (Lipinski definition) is 2. The Balaban J connectivity index is 1.54. The van der Waals surface area contributed by atoms with Crippen molar-refractivity contribution in [1.82, 2.24) is 5.16 Å². The number of ether oxygens (including phenoxy) is 1. The van der Waals surface area contributed by atoms with Gasteiger partial charge in [-0.05, 0) is 36.8 Å². The molecule has 8 heteroatoms. The van der Waals surface area contributed by atoms with Gasteiger partial charge in [0, 0.05) is 36.0 Å². The molecule has 0 atom stereocenters. The van der Waals surface area contributed by atoms with Crippen molar-refractivity contribution in [3.05, 3.63) is 64.5 Å². The second-order valence-corrected chi connectivity index (χ2v) is 7.93. The Morgan fingerprint density at radius 1 is 1.13 bits per heavy atom. The number of carbonyl (C=O) groups excluding carboxylic acids is 1. The molecule has 2 aliphatic heterocycles. The third-order valence-electron chi connectivity index (χ3n) is 5.51. The highest BCUT2D eigenvalue weighted by Crippen LogP contribution is 2.42. The highest BCUT2D eigenvalue weighted by molar-refractivity contribution is 6.38. The van der Waals surface area contributed by atoms with Crippen LogP contribution in [0.4, 0.5) is 11.4 Å². The minimum Gasteiger partial charge on any atom is -0.505 e. The van der Waals surface area contributed by atoms with Gasteiger partial charge in [0.1, 0.15) is 11.5 Å². The maximum atomic E-state index is 12.6. The molecular weight excluding hydrogens is 418 g/mol. The van der Waals surface area contributed by atoms with Crippen LogP contribution in [0.3, 0.4) is 0 Å². The molecule has 0 aliphatic carbocycles. The molecule has 0 bridgehead atoms. The predicted molar refractivity (Wildman–Crippen MR) is 119 cm³/mol. The Morgan fingerprint density at radius 2 is 1.87 bits per heavy atom. The van der Waals surface area contributed by atoms with Crippen LogP contribution in [0.5, 0.6) is 0 Å². The third kappa shape index (κ3) is 3.56. The number of morpholine rings is 1. The summed E-state index contributed by atoms with van der Waals surface area (Å²) >= 11 is 6.54. The molecule has 2 aliphatic rings. The van der Waals surface area contributed by atoms with E-state index < -0.39 is 5.91 Å². The molecule has 31 heavy (non-hydrogen) atoms. The number of fused-ring (bicyclic) bond motifs is 1. The van der Waals surface area contributed by atoms with E-state index in [1.54, 1.807) is 19.1 Å². The number of rotatable bonds is 3. The van der Waals surface area contributed by atoms with Gasteiger partial charge in [0.2, 0.25) is 0 Å². The molecule has 3 heterocycles. The Kier molecular flexibility index (Phi) is 4.92. The molecule has 1 fully saturated rings. The summed E-state index contributed by atoms with van der Waals surface area (Å²) in [6.45, 7) is 4.89. The molecule has 3 aromatic rings. The standard InChI is InChI=1S/C23H20ClN3O4/c1-13-10-20(26-31-13)22(28)21-17-11-16(18(24)12-19(17)25-23(21)29)14-2-4-15(5-3-14)27-6-8-30-9-7-27/h2-5,10-12,28H,6-9H2,1H3,(H,25,29)/b22-21+. The first-order valence-electron chi connectivity index (χ1n) is 9.96. The lowest BCUT2D eigenvalue weighted by molar-refractivity contribution is -0.110. The zero-order valence-electron chi connectivity index (χ0n) is 16.8. The van der Waals surface area contributed by atoms with Crippen LogP contribution < -0.4 is 10.2 Å². The molecule has 5 rings (SSSR count). The molecule has 0 saturated carbocycles. The molecule has 0 radical (unpaired) electrons. The van der Waals surface area contributed by atoms with Gasteiger partial charge >= 0.3 is 0 Å². The van der Waals surface area contributed by atoms with Crippen LogP contribution in [-0.4, -0.2) is 42.5 Å². The van der Waals surface area contributed by atoms with Gasteiger partial charge in [-0.15, -0.1) is 0 Å². The number of halogens is 1. The molecule has 7 nitrogen and oxygen atoms in total. The number of aromatic nitrogens is 1. The van der Waals surface area contributed by atoms with Crippen molar-refractivity contribution in [2.75, 3.05) is 36.5 Å². The second-order valence-electron chi connectivity index (χ2n) is 7.52. The highest BCUT2D eigenvalue weighted by Gasteiger charge is 2.30. The highest BCUT2D eigenvalue weighted by atomic mass is 35.5. The number of aliphatic hydroxyl groups is 1. The largest absolute Gasteiger partial charge is 0.505 e. The van der Waals surface area contributed by atoms with Crippen molar-refractivity contribution in [2.45, 2.75) is 6.92 Å². The topological polar surface area (TPSA) is 87.8 Å². The summed E-state index contributed by atoms with van der Waals surface area (Å²) in [6.07, 6.45) is 0. The summed E-state index contributed by atoms with van der Waals surface area (Å²) in [4.78, 5) is 14.9. The summed E-state index contributed by atoms with van der Waals surface area (Å²) < 4.78 is 10.4. The van der Waals surface area contributed by atoms with Gasteiger partial charge in [0.05, 0.1) is 29.5 Å². The number of aryl methyl sites for hydroxylation is 1. The second kappa shape index (κ2) is 7.76. The molecule has 158 valence electrons. The molecular formula is C23H20ClN3O4. The first kappa shape index (κ1) is 19.7. The van der Waals surface area contributed by atoms with Gasteiger partial charge in [-0.2, -0.15) is 0 Å². The van der Waals surface area contributed by atoms with Gasteiger partial charge in [-0.1, -0.05) is 28.9 Å². The van der Waals surface area contributed by atoms with Crippen molar-refractivity contribution >= 4 is 40.2 Å². The van der Waals surface area contributed by atoms with Crippen LogP contribution in [0.25, 0.3) is 22.5 Å². The molecule has 2 aromatic carbocycles. The molecule has 1 amide bonds. The number of nitrogens with one attached hydrogen (secondary N) is 1. The summed E-state index contributed by atoms with van der Waals surface area (Å²) in [7, 11) is 0. The van der Waals surface area contributed by atoms with Gasteiger partial charge in [-0.25, -0.2) is 0 Å². The van der Waals surface area contributed by atoms with E-state index in [4.69, 9.17) is 20.9 Å². The van der Waals surface area contributed by atoms with E-state index in [2.05, 4.69) is 27.5 Å². The normalized spacial score (nSPS) is 17.5. The Hall–Kier alpha value is -3.29. The van der Waals surface area contributed by atoms with Crippen molar-refractivity contribution in [2.24, 2.45) is 0 Å². The van der Waals surface area contributed by atoms with E-state index in [0.29, 0.717) is 22.0 Å². The monoisotopic (exact) mass is 437 g/mol. The minimum absolute atomic E-state index is 0.145. The number of amides is 1. The lowest BCUT2D eigenvalue weighted by Gasteiger charge is -2.29. The fourth-order valence-corrected chi connectivity index (χ4v) is 4.20. The van der Waals surface area contributed by atoms with E-state index in [9.17, 15) is 9.90 Å². The Morgan fingerprint density at radius 3 is 2.55 bits per heavy atom. The fourth-order valence-electron chi connectivity index (χ4n) is 3.93. The van der Waals surface area contributed by atoms with E-state index in [0.717, 1.165) is 43.1 Å². The molecule has 2 N–H and O–H groups in total. The van der Waals surface area contributed by atoms with Crippen molar-refractivity contribution in [3.63, 3.8) is 0 Å². The zero-order valence-corrected chi connectivity index (χ0v) is 17.6. The third-order valence-corrected chi connectivity index (χ3v) is 5.83. The fraction of sp³-hybridized carbons (Fsp3) is 0.217. The van der Waals surface area contributed by atoms with Gasteiger partial charge in [0.15, 0.2) is 5.76 Å². The van der Waals surface area contributed by atoms with E-state index in [-0.39, 0.29) is 17.0 Å². The first-order chi connectivity index (χ1) is 15.0. The van der Waals surface area contributed by atoms with Crippen LogP contribution >= 0.6 is 11.6 Å². The SMILES string of the molecule is Cc1cc(/C(O)=C2\C(=O)Nc3cc(Cl)c(-c4ccc(N5CCOCC5)cc4)cc32)no1. The number of anilines is 2. The van der Waals surface area contributed by atoms with Gasteiger partial charge in [0.25, 0.3) is 5.91 Å². The minimum atomic E-state index is -0.413. The van der Waals surface area contributed by atoms with Crippen LogP contribution in [0, 0.1) is 6.92 Å². The molecule has 0 unspecified atom stereocenters. The molecule has 0 spiro atoms. The number of hydrogen-bond acceptors (Lipinski definition) is 6. The van der Waals surface area contributed by atoms with Crippen LogP contribution in [0.2, 0.25) is 5.02 Å². The number of nitrogens with zero attached hydrogens (tertiary/aromatic N) is 2. The quantitative estimate of drug-likeness (QED) is 0.462.